The van der Waals surface area contributed by atoms with Crippen LogP contribution in [0.15, 0.2) is 24.3 Å². The van der Waals surface area contributed by atoms with Gasteiger partial charge in [0.25, 0.3) is 5.91 Å². The van der Waals surface area contributed by atoms with Crippen LogP contribution in [0.2, 0.25) is 0 Å². The number of benzene rings is 1. The van der Waals surface area contributed by atoms with Gasteiger partial charge in [-0.15, -0.1) is 0 Å². The highest BCUT2D eigenvalue weighted by atomic mass is 32.2. The molecule has 3 amide bonds. The van der Waals surface area contributed by atoms with Gasteiger partial charge in [-0.3, -0.25) is 9.69 Å². The second-order valence-electron chi connectivity index (χ2n) is 7.52. The molecule has 29 heavy (non-hydrogen) atoms. The van der Waals surface area contributed by atoms with E-state index in [-0.39, 0.29) is 30.1 Å². The number of urea groups is 1. The topological polar surface area (TPSA) is 105 Å². The number of nitrogens with one attached hydrogen (secondary N) is 1. The Balaban J connectivity index is 1.82. The number of hydrogen-bond acceptors (Lipinski definition) is 7. The number of methoxy groups -OCH3 is 2. The number of imide groups is 1. The molecule has 2 fully saturated rings. The van der Waals surface area contributed by atoms with E-state index in [1.54, 1.807) is 38.3 Å². The van der Waals surface area contributed by atoms with Gasteiger partial charge in [-0.2, -0.15) is 0 Å². The van der Waals surface area contributed by atoms with Gasteiger partial charge in [0, 0.05) is 19.7 Å². The van der Waals surface area contributed by atoms with Gasteiger partial charge in [-0.05, 0) is 31.0 Å². The van der Waals surface area contributed by atoms with Gasteiger partial charge in [0.15, 0.2) is 9.84 Å². The zero-order valence-corrected chi connectivity index (χ0v) is 17.7. The maximum Gasteiger partial charge on any atom is 0.326 e. The summed E-state index contributed by atoms with van der Waals surface area (Å²) in [4.78, 5) is 28.9. The Hall–Kier alpha value is -2.17. The molecule has 1 aromatic carbocycles. The molecule has 2 atom stereocenters. The molecule has 10 heteroatoms. The van der Waals surface area contributed by atoms with Gasteiger partial charge in [0.1, 0.15) is 11.3 Å². The fourth-order valence-electron chi connectivity index (χ4n) is 3.78. The molecule has 2 saturated heterocycles. The van der Waals surface area contributed by atoms with E-state index in [0.717, 1.165) is 4.90 Å². The van der Waals surface area contributed by atoms with E-state index in [1.165, 1.54) is 7.11 Å². The van der Waals surface area contributed by atoms with Crippen LogP contribution < -0.4 is 10.1 Å². The first kappa shape index (κ1) is 21.5. The van der Waals surface area contributed by atoms with Crippen LogP contribution in [0, 0.1) is 0 Å². The fraction of sp³-hybridized carbons (Fsp3) is 0.579. The molecule has 1 aromatic rings. The summed E-state index contributed by atoms with van der Waals surface area (Å²) in [5.74, 6) is 0.331. The average Bonchev–Trinajstić information content (AvgIpc) is 3.16. The molecule has 1 N–H and O–H groups in total. The molecule has 160 valence electrons. The number of amides is 3. The Morgan fingerprint density at radius 1 is 1.31 bits per heavy atom. The number of rotatable bonds is 8. The highest BCUT2D eigenvalue weighted by Gasteiger charge is 2.50. The Morgan fingerprint density at radius 3 is 2.69 bits per heavy atom. The molecule has 0 aliphatic carbocycles. The highest BCUT2D eigenvalue weighted by molar-refractivity contribution is 7.91. The normalized spacial score (nSPS) is 26.2. The predicted octanol–water partition coefficient (Wildman–Crippen LogP) is 0.555. The van der Waals surface area contributed by atoms with E-state index in [4.69, 9.17) is 9.47 Å². The first-order valence-electron chi connectivity index (χ1n) is 9.42. The van der Waals surface area contributed by atoms with Crippen molar-refractivity contribution in [2.24, 2.45) is 0 Å². The summed E-state index contributed by atoms with van der Waals surface area (Å²) in [6.45, 7) is 2.45. The highest BCUT2D eigenvalue weighted by Crippen LogP contribution is 2.31. The quantitative estimate of drug-likeness (QED) is 0.607. The van der Waals surface area contributed by atoms with Gasteiger partial charge in [0.2, 0.25) is 0 Å². The van der Waals surface area contributed by atoms with Crippen molar-refractivity contribution in [1.29, 1.82) is 0 Å². The Kier molecular flexibility index (Phi) is 6.16. The zero-order chi connectivity index (χ0) is 21.2. The summed E-state index contributed by atoms with van der Waals surface area (Å²) in [7, 11) is -0.0135. The minimum atomic E-state index is -3.10. The van der Waals surface area contributed by atoms with Crippen LogP contribution in [0.25, 0.3) is 0 Å². The lowest BCUT2D eigenvalue weighted by Gasteiger charge is -2.31. The van der Waals surface area contributed by atoms with Crippen LogP contribution >= 0.6 is 0 Å². The number of carbonyl (C=O) groups excluding carboxylic acids is 2. The fourth-order valence-corrected chi connectivity index (χ4v) is 5.54. The van der Waals surface area contributed by atoms with Crippen LogP contribution in [0.3, 0.4) is 0 Å². The van der Waals surface area contributed by atoms with Crippen molar-refractivity contribution < 1.29 is 27.5 Å². The third-order valence-electron chi connectivity index (χ3n) is 5.55. The maximum absolute atomic E-state index is 13.2. The number of hydrogen-bond donors (Lipinski definition) is 1. The van der Waals surface area contributed by atoms with Crippen LogP contribution in [-0.2, 0) is 24.9 Å². The molecule has 0 spiro atoms. The van der Waals surface area contributed by atoms with Crippen LogP contribution in [0.1, 0.15) is 18.9 Å². The van der Waals surface area contributed by atoms with Crippen molar-refractivity contribution in [2.75, 3.05) is 45.5 Å². The molecule has 0 saturated carbocycles. The molecule has 3 rings (SSSR count). The van der Waals surface area contributed by atoms with Gasteiger partial charge < -0.3 is 14.8 Å². The minimum absolute atomic E-state index is 0.00771. The Bertz CT molecular complexity index is 890. The standard InChI is InChI=1S/C19H27N3O6S/c1-19(14-5-4-6-16(11-14)28-3)17(23)22(18(24)20-19)13-21(8-9-27-2)15-7-10-29(25,26)12-15/h4-6,11,15H,7-10,12-13H2,1-3H3,(H,20,24)/t15-,19-/m1/s1. The summed E-state index contributed by atoms with van der Waals surface area (Å²) in [5.41, 5.74) is -0.607. The SMILES string of the molecule is COCCN(CN1C(=O)N[C@](C)(c2cccc(OC)c2)C1=O)[C@@H]1CCS(=O)(=O)C1. The van der Waals surface area contributed by atoms with Gasteiger partial charge in [-0.1, -0.05) is 12.1 Å². The number of carbonyl (C=O) groups is 2. The Morgan fingerprint density at radius 2 is 2.07 bits per heavy atom. The van der Waals surface area contributed by atoms with Gasteiger partial charge >= 0.3 is 6.03 Å². The summed E-state index contributed by atoms with van der Waals surface area (Å²) in [6, 6.07) is 6.24. The smallest absolute Gasteiger partial charge is 0.326 e. The molecule has 2 aliphatic heterocycles. The lowest BCUT2D eigenvalue weighted by Crippen LogP contribution is -2.48. The molecule has 9 nitrogen and oxygen atoms in total. The third kappa shape index (κ3) is 4.39. The minimum Gasteiger partial charge on any atom is -0.497 e. The lowest BCUT2D eigenvalue weighted by molar-refractivity contribution is -0.133. The molecule has 0 aromatic heterocycles. The van der Waals surface area contributed by atoms with Crippen LogP contribution in [0.5, 0.6) is 5.75 Å². The molecule has 2 heterocycles. The van der Waals surface area contributed by atoms with E-state index < -0.39 is 21.4 Å². The summed E-state index contributed by atoms with van der Waals surface area (Å²) in [6.07, 6.45) is 0.475. The second kappa shape index (κ2) is 8.29. The van der Waals surface area contributed by atoms with E-state index in [0.29, 0.717) is 30.9 Å². The van der Waals surface area contributed by atoms with Crippen LogP contribution in [0.4, 0.5) is 4.79 Å². The summed E-state index contributed by atoms with van der Waals surface area (Å²) in [5, 5.41) is 2.77. The largest absolute Gasteiger partial charge is 0.497 e. The van der Waals surface area contributed by atoms with Crippen molar-refractivity contribution in [3.63, 3.8) is 0 Å². The van der Waals surface area contributed by atoms with E-state index in [2.05, 4.69) is 5.32 Å². The monoisotopic (exact) mass is 425 g/mol. The first-order chi connectivity index (χ1) is 13.7. The number of ether oxygens (including phenoxy) is 2. The van der Waals surface area contributed by atoms with E-state index >= 15 is 0 Å². The molecular weight excluding hydrogens is 398 g/mol. The summed E-state index contributed by atoms with van der Waals surface area (Å²) < 4.78 is 34.2. The maximum atomic E-state index is 13.2. The number of sulfone groups is 1. The average molecular weight is 426 g/mol. The molecule has 2 aliphatic rings. The van der Waals surface area contributed by atoms with E-state index in [9.17, 15) is 18.0 Å². The van der Waals surface area contributed by atoms with Crippen molar-refractivity contribution >= 4 is 21.8 Å². The summed E-state index contributed by atoms with van der Waals surface area (Å²) >= 11 is 0. The predicted molar refractivity (Wildman–Crippen MR) is 106 cm³/mol. The molecule has 0 radical (unpaired) electrons. The van der Waals surface area contributed by atoms with Crippen molar-refractivity contribution in [2.45, 2.75) is 24.9 Å². The number of nitrogens with zero attached hydrogens (tertiary/aromatic N) is 2. The van der Waals surface area contributed by atoms with Crippen molar-refractivity contribution in [3.8, 4) is 5.75 Å². The molecular formula is C19H27N3O6S. The van der Waals surface area contributed by atoms with Crippen molar-refractivity contribution in [3.05, 3.63) is 29.8 Å². The third-order valence-corrected chi connectivity index (χ3v) is 7.30. The molecule has 0 bridgehead atoms. The van der Waals surface area contributed by atoms with Crippen molar-refractivity contribution in [1.82, 2.24) is 15.1 Å². The van der Waals surface area contributed by atoms with Gasteiger partial charge in [-0.25, -0.2) is 18.1 Å². The molecule has 0 unspecified atom stereocenters. The lowest BCUT2D eigenvalue weighted by atomic mass is 9.92. The second-order valence-corrected chi connectivity index (χ2v) is 9.75. The van der Waals surface area contributed by atoms with E-state index in [1.807, 2.05) is 4.90 Å². The first-order valence-corrected chi connectivity index (χ1v) is 11.2. The zero-order valence-electron chi connectivity index (χ0n) is 16.9. The Labute approximate surface area is 170 Å². The van der Waals surface area contributed by atoms with Gasteiger partial charge in [0.05, 0.1) is 31.9 Å². The van der Waals surface area contributed by atoms with Crippen LogP contribution in [-0.4, -0.2) is 81.7 Å².